The molecule has 6 heteroatoms. The van der Waals surface area contributed by atoms with Gasteiger partial charge < -0.3 is 0 Å². The van der Waals surface area contributed by atoms with Crippen LogP contribution in [0, 0.1) is 0 Å². The minimum absolute atomic E-state index is 0.0561. The van der Waals surface area contributed by atoms with Gasteiger partial charge in [0.2, 0.25) is 0 Å². The lowest BCUT2D eigenvalue weighted by molar-refractivity contribution is 0.0883. The van der Waals surface area contributed by atoms with Gasteiger partial charge in [-0.05, 0) is 17.0 Å². The van der Waals surface area contributed by atoms with Crippen LogP contribution in [0.2, 0.25) is 0 Å². The maximum absolute atomic E-state index is 12.2. The number of benzene rings is 1. The van der Waals surface area contributed by atoms with Gasteiger partial charge in [0.25, 0.3) is 15.9 Å². The molecule has 1 aromatic carbocycles. The van der Waals surface area contributed by atoms with Gasteiger partial charge in [0.15, 0.2) is 0 Å². The van der Waals surface area contributed by atoms with Crippen molar-refractivity contribution in [2.75, 3.05) is 6.00 Å². The SMILES string of the molecule is CC(C)(C)c1cccc2c1C(=O)N(CCl)S2(=O)=O. The number of rotatable bonds is 1. The molecule has 0 saturated heterocycles. The third kappa shape index (κ3) is 1.73. The van der Waals surface area contributed by atoms with Crippen molar-refractivity contribution in [3.05, 3.63) is 29.3 Å². The van der Waals surface area contributed by atoms with Crippen LogP contribution in [-0.2, 0) is 15.4 Å². The zero-order valence-corrected chi connectivity index (χ0v) is 12.0. The molecule has 0 fully saturated rings. The molecular formula is C12H14ClNO3S. The fourth-order valence-corrected chi connectivity index (χ4v) is 3.94. The van der Waals surface area contributed by atoms with Crippen LogP contribution in [0.1, 0.15) is 36.7 Å². The van der Waals surface area contributed by atoms with Crippen molar-refractivity contribution in [2.45, 2.75) is 31.1 Å². The van der Waals surface area contributed by atoms with E-state index in [1.807, 2.05) is 20.8 Å². The first-order chi connectivity index (χ1) is 8.21. The quantitative estimate of drug-likeness (QED) is 0.588. The normalized spacial score (nSPS) is 18.0. The Kier molecular flexibility index (Phi) is 2.94. The van der Waals surface area contributed by atoms with E-state index in [0.717, 1.165) is 5.56 Å². The molecule has 4 nitrogen and oxygen atoms in total. The zero-order valence-electron chi connectivity index (χ0n) is 10.4. The van der Waals surface area contributed by atoms with Crippen molar-refractivity contribution in [3.63, 3.8) is 0 Å². The summed E-state index contributed by atoms with van der Waals surface area (Å²) < 4.78 is 25.0. The molecule has 0 aromatic heterocycles. The number of hydrogen-bond donors (Lipinski definition) is 0. The second kappa shape index (κ2) is 3.96. The molecule has 1 aliphatic rings. The second-order valence-electron chi connectivity index (χ2n) is 5.21. The summed E-state index contributed by atoms with van der Waals surface area (Å²) in [7, 11) is -3.78. The highest BCUT2D eigenvalue weighted by Gasteiger charge is 2.43. The van der Waals surface area contributed by atoms with Gasteiger partial charge in [0.1, 0.15) is 10.9 Å². The molecule has 0 aliphatic carbocycles. The predicted molar refractivity (Wildman–Crippen MR) is 69.2 cm³/mol. The number of carbonyl (C=O) groups is 1. The molecule has 0 spiro atoms. The highest BCUT2D eigenvalue weighted by molar-refractivity contribution is 7.90. The number of sulfonamides is 1. The summed E-state index contributed by atoms with van der Waals surface area (Å²) in [6.45, 7) is 5.81. The van der Waals surface area contributed by atoms with Crippen LogP contribution in [0.5, 0.6) is 0 Å². The first kappa shape index (κ1) is 13.4. The summed E-state index contributed by atoms with van der Waals surface area (Å²) in [5.41, 5.74) is 0.672. The van der Waals surface area contributed by atoms with Crippen molar-refractivity contribution in [2.24, 2.45) is 0 Å². The molecule has 1 aromatic rings. The topological polar surface area (TPSA) is 54.5 Å². The number of nitrogens with zero attached hydrogens (tertiary/aromatic N) is 1. The first-order valence-electron chi connectivity index (χ1n) is 5.48. The Morgan fingerprint density at radius 1 is 1.28 bits per heavy atom. The largest absolute Gasteiger partial charge is 0.270 e. The molecular weight excluding hydrogens is 274 g/mol. The van der Waals surface area contributed by atoms with Gasteiger partial charge in [-0.25, -0.2) is 12.7 Å². The van der Waals surface area contributed by atoms with Crippen LogP contribution in [0.3, 0.4) is 0 Å². The van der Waals surface area contributed by atoms with Crippen LogP contribution in [0.25, 0.3) is 0 Å². The lowest BCUT2D eigenvalue weighted by Gasteiger charge is -2.21. The van der Waals surface area contributed by atoms with Gasteiger partial charge in [0.05, 0.1) is 5.56 Å². The molecule has 0 bridgehead atoms. The summed E-state index contributed by atoms with van der Waals surface area (Å²) in [5.74, 6) is -0.537. The molecule has 2 rings (SSSR count). The Morgan fingerprint density at radius 2 is 1.89 bits per heavy atom. The number of amides is 1. The number of carbonyl (C=O) groups excluding carboxylic acids is 1. The van der Waals surface area contributed by atoms with Crippen molar-refractivity contribution in [3.8, 4) is 0 Å². The predicted octanol–water partition coefficient (Wildman–Crippen LogP) is 2.32. The highest BCUT2D eigenvalue weighted by Crippen LogP contribution is 2.37. The fraction of sp³-hybridized carbons (Fsp3) is 0.417. The van der Waals surface area contributed by atoms with Gasteiger partial charge >= 0.3 is 0 Å². The van der Waals surface area contributed by atoms with Gasteiger partial charge in [0, 0.05) is 0 Å². The third-order valence-electron chi connectivity index (χ3n) is 2.95. The molecule has 0 N–H and O–H groups in total. The van der Waals surface area contributed by atoms with Gasteiger partial charge in [-0.1, -0.05) is 32.9 Å². The maximum Gasteiger partial charge on any atom is 0.270 e. The first-order valence-corrected chi connectivity index (χ1v) is 7.45. The van der Waals surface area contributed by atoms with Crippen molar-refractivity contribution >= 4 is 27.5 Å². The van der Waals surface area contributed by atoms with Crippen LogP contribution in [-0.4, -0.2) is 24.6 Å². The summed E-state index contributed by atoms with van der Waals surface area (Å²) in [4.78, 5) is 12.2. The van der Waals surface area contributed by atoms with Crippen LogP contribution < -0.4 is 0 Å². The second-order valence-corrected chi connectivity index (χ2v) is 7.28. The van der Waals surface area contributed by atoms with E-state index in [4.69, 9.17) is 11.6 Å². The van der Waals surface area contributed by atoms with E-state index in [-0.39, 0.29) is 21.9 Å². The Balaban J connectivity index is 2.80. The molecule has 1 aliphatic heterocycles. The molecule has 0 unspecified atom stereocenters. The Bertz CT molecular complexity index is 617. The van der Waals surface area contributed by atoms with Crippen LogP contribution in [0.15, 0.2) is 23.1 Å². The average Bonchev–Trinajstić information content (AvgIpc) is 2.45. The fourth-order valence-electron chi connectivity index (χ4n) is 2.06. The standard InChI is InChI=1S/C12H14ClNO3S/c1-12(2,3)8-5-4-6-9-10(8)11(15)14(7-13)18(9,16)17/h4-6H,7H2,1-3H3. The molecule has 0 radical (unpaired) electrons. The molecule has 1 amide bonds. The molecule has 0 atom stereocenters. The smallest absolute Gasteiger partial charge is 0.268 e. The van der Waals surface area contributed by atoms with Gasteiger partial charge in [-0.2, -0.15) is 0 Å². The summed E-state index contributed by atoms with van der Waals surface area (Å²) in [5, 5.41) is 0. The minimum Gasteiger partial charge on any atom is -0.268 e. The van der Waals surface area contributed by atoms with E-state index in [0.29, 0.717) is 4.31 Å². The molecule has 98 valence electrons. The van der Waals surface area contributed by atoms with E-state index in [2.05, 4.69) is 0 Å². The lowest BCUT2D eigenvalue weighted by Crippen LogP contribution is -2.29. The van der Waals surface area contributed by atoms with Crippen LogP contribution in [0.4, 0.5) is 0 Å². The van der Waals surface area contributed by atoms with E-state index < -0.39 is 15.9 Å². The van der Waals surface area contributed by atoms with Crippen LogP contribution >= 0.6 is 11.6 Å². The lowest BCUT2D eigenvalue weighted by atomic mass is 9.83. The van der Waals surface area contributed by atoms with Gasteiger partial charge in [-0.3, -0.25) is 4.79 Å². The molecule has 18 heavy (non-hydrogen) atoms. The van der Waals surface area contributed by atoms with E-state index >= 15 is 0 Å². The van der Waals surface area contributed by atoms with Crippen molar-refractivity contribution in [1.29, 1.82) is 0 Å². The molecule has 1 heterocycles. The average molecular weight is 288 g/mol. The van der Waals surface area contributed by atoms with E-state index in [1.165, 1.54) is 6.07 Å². The number of alkyl halides is 1. The monoisotopic (exact) mass is 287 g/mol. The van der Waals surface area contributed by atoms with Gasteiger partial charge in [-0.15, -0.1) is 11.6 Å². The highest BCUT2D eigenvalue weighted by atomic mass is 35.5. The van der Waals surface area contributed by atoms with E-state index in [1.54, 1.807) is 12.1 Å². The Hall–Kier alpha value is -1.07. The number of fused-ring (bicyclic) bond motifs is 1. The third-order valence-corrected chi connectivity index (χ3v) is 5.10. The Morgan fingerprint density at radius 3 is 2.39 bits per heavy atom. The summed E-state index contributed by atoms with van der Waals surface area (Å²) in [6, 6.07) is 4.52. The Labute approximate surface area is 112 Å². The minimum atomic E-state index is -3.78. The van der Waals surface area contributed by atoms with E-state index in [9.17, 15) is 13.2 Å². The number of halogens is 1. The van der Waals surface area contributed by atoms with Crippen molar-refractivity contribution in [1.82, 2.24) is 4.31 Å². The zero-order chi connectivity index (χ0) is 13.7. The maximum atomic E-state index is 12.2. The molecule has 0 saturated carbocycles. The summed E-state index contributed by atoms with van der Waals surface area (Å²) in [6.07, 6.45) is 0. The number of hydrogen-bond acceptors (Lipinski definition) is 3. The summed E-state index contributed by atoms with van der Waals surface area (Å²) >= 11 is 5.57. The van der Waals surface area contributed by atoms with Crippen molar-refractivity contribution < 1.29 is 13.2 Å².